The van der Waals surface area contributed by atoms with Gasteiger partial charge in [0.25, 0.3) is 0 Å². The van der Waals surface area contributed by atoms with E-state index in [9.17, 15) is 4.79 Å². The van der Waals surface area contributed by atoms with E-state index in [1.165, 1.54) is 0 Å². The van der Waals surface area contributed by atoms with Crippen LogP contribution in [0.4, 0.5) is 8.78 Å². The summed E-state index contributed by atoms with van der Waals surface area (Å²) >= 11 is 0. The number of alkyl halides is 2. The molecule has 1 amide bonds. The van der Waals surface area contributed by atoms with E-state index >= 15 is 8.78 Å². The molecular weight excluding hydrogens is 472 g/mol. The standard InChI is InChI=1S/C29H41F2N5O/c1-19(2)27-34-33-20(3)36(27)25-17-23-9-10-24(18-25)35(23)16-13-26(21-7-5-4-6-8-21)32-28(37)22-11-14-29(30,31)15-12-22/h4-8,19,22-26H,9-18H2,1-3H3,(H,32,37)/i1D3,2D3,11D2,12D2,14D2,15D2. The fraction of sp³-hybridized carbons (Fsp3) is 0.690. The molecular formula is C29H41F2N5O. The molecule has 0 radical (unpaired) electrons. The molecule has 1 saturated carbocycles. The van der Waals surface area contributed by atoms with Crippen LogP contribution < -0.4 is 5.32 Å². The number of carbonyl (C=O) groups excluding carboxylic acids is 1. The Balaban J connectivity index is 1.38. The summed E-state index contributed by atoms with van der Waals surface area (Å²) in [5, 5.41) is 10.6. The normalized spacial score (nSPS) is 38.6. The highest BCUT2D eigenvalue weighted by molar-refractivity contribution is 5.79. The summed E-state index contributed by atoms with van der Waals surface area (Å²) < 4.78 is 144. The molecule has 2 aromatic rings. The predicted molar refractivity (Wildman–Crippen MR) is 139 cm³/mol. The summed E-state index contributed by atoms with van der Waals surface area (Å²) in [5.74, 6) is -10.9. The van der Waals surface area contributed by atoms with Crippen molar-refractivity contribution in [1.29, 1.82) is 0 Å². The van der Waals surface area contributed by atoms with Crippen molar-refractivity contribution in [3.8, 4) is 0 Å². The van der Waals surface area contributed by atoms with Crippen molar-refractivity contribution in [1.82, 2.24) is 25.0 Å². The first kappa shape index (κ1) is 14.2. The molecule has 202 valence electrons. The molecule has 6 nitrogen and oxygen atoms in total. The number of aromatic nitrogens is 3. The summed E-state index contributed by atoms with van der Waals surface area (Å²) in [7, 11) is 0. The van der Waals surface area contributed by atoms with E-state index in [-0.39, 0.29) is 30.4 Å². The molecule has 3 atom stereocenters. The van der Waals surface area contributed by atoms with Crippen LogP contribution >= 0.6 is 0 Å². The largest absolute Gasteiger partial charge is 0.349 e. The number of nitrogens with one attached hydrogen (secondary N) is 1. The maximum atomic E-state index is 15.0. The van der Waals surface area contributed by atoms with Crippen LogP contribution in [0, 0.1) is 12.8 Å². The predicted octanol–water partition coefficient (Wildman–Crippen LogP) is 5.95. The number of fused-ring (bicyclic) bond motifs is 2. The molecule has 37 heavy (non-hydrogen) atoms. The minimum Gasteiger partial charge on any atom is -0.349 e. The van der Waals surface area contributed by atoms with E-state index in [0.717, 1.165) is 12.8 Å². The van der Waals surface area contributed by atoms with Crippen molar-refractivity contribution in [3.05, 3.63) is 47.5 Å². The van der Waals surface area contributed by atoms with E-state index in [1.54, 1.807) is 41.8 Å². The molecule has 8 heteroatoms. The third kappa shape index (κ3) is 5.74. The number of piperidine rings is 1. The van der Waals surface area contributed by atoms with Crippen molar-refractivity contribution < 1.29 is 32.8 Å². The zero-order valence-electron chi connectivity index (χ0n) is 34.5. The van der Waals surface area contributed by atoms with Crippen LogP contribution in [0.3, 0.4) is 0 Å². The number of rotatable bonds is 8. The molecule has 1 aromatic carbocycles. The van der Waals surface area contributed by atoms with Gasteiger partial charge >= 0.3 is 0 Å². The van der Waals surface area contributed by atoms with Gasteiger partial charge in [-0.25, -0.2) is 8.78 Å². The Kier molecular flexibility index (Phi) is 4.13. The van der Waals surface area contributed by atoms with Gasteiger partial charge in [0.15, 0.2) is 0 Å². The molecule has 2 aliphatic heterocycles. The Morgan fingerprint density at radius 3 is 2.46 bits per heavy atom. The molecule has 0 spiro atoms. The van der Waals surface area contributed by atoms with E-state index in [2.05, 4.69) is 20.4 Å². The zero-order valence-corrected chi connectivity index (χ0v) is 20.5. The first-order valence-corrected chi connectivity index (χ1v) is 12.6. The minimum absolute atomic E-state index is 0.0437. The van der Waals surface area contributed by atoms with Gasteiger partial charge in [0.05, 0.1) is 6.04 Å². The summed E-state index contributed by atoms with van der Waals surface area (Å²) in [6, 6.07) is 7.07. The van der Waals surface area contributed by atoms with E-state index in [4.69, 9.17) is 19.2 Å². The molecule has 3 heterocycles. The van der Waals surface area contributed by atoms with Gasteiger partial charge in [0.1, 0.15) is 11.6 Å². The quantitative estimate of drug-likeness (QED) is 0.461. The van der Waals surface area contributed by atoms with Gasteiger partial charge in [-0.2, -0.15) is 0 Å². The Bertz CT molecular complexity index is 1540. The summed E-state index contributed by atoms with van der Waals surface area (Å²) in [4.78, 5) is 16.0. The highest BCUT2D eigenvalue weighted by atomic mass is 19.3. The second kappa shape index (κ2) is 10.8. The summed E-state index contributed by atoms with van der Waals surface area (Å²) in [6.45, 7) is -3.72. The Morgan fingerprint density at radius 2 is 1.81 bits per heavy atom. The van der Waals surface area contributed by atoms with Crippen LogP contribution in [-0.4, -0.2) is 50.1 Å². The van der Waals surface area contributed by atoms with Crippen LogP contribution in [0.15, 0.2) is 30.3 Å². The van der Waals surface area contributed by atoms with Gasteiger partial charge in [0.2, 0.25) is 11.8 Å². The van der Waals surface area contributed by atoms with Crippen molar-refractivity contribution in [2.45, 2.75) is 114 Å². The third-order valence-electron chi connectivity index (χ3n) is 7.58. The van der Waals surface area contributed by atoms with Gasteiger partial charge in [-0.15, -0.1) is 10.2 Å². The number of benzene rings is 1. The SMILES string of the molecule is [2H]C([2H])([2H])C(c1nnc(C)n1C1CC2CCC(C1)N2CCC(NC(=O)C1C([2H])([2H])C([2H])([2H])C(F)(F)C([2H])([2H])C1([2H])[2H])c1ccccc1)C([2H])([2H])[2H]. The number of amides is 1. The Hall–Kier alpha value is -2.35. The molecule has 3 fully saturated rings. The molecule has 3 aliphatic rings. The lowest BCUT2D eigenvalue weighted by Crippen LogP contribution is -2.45. The number of aryl methyl sites for hydroxylation is 1. The van der Waals surface area contributed by atoms with Gasteiger partial charge in [-0.05, 0) is 57.3 Å². The molecule has 2 saturated heterocycles. The molecule has 5 rings (SSSR count). The van der Waals surface area contributed by atoms with E-state index in [1.807, 2.05) is 0 Å². The third-order valence-corrected chi connectivity index (χ3v) is 7.58. The Labute approximate surface area is 238 Å². The maximum Gasteiger partial charge on any atom is 0.248 e. The topological polar surface area (TPSA) is 63.1 Å². The van der Waals surface area contributed by atoms with Gasteiger partial charge in [-0.3, -0.25) is 9.69 Å². The van der Waals surface area contributed by atoms with Crippen molar-refractivity contribution in [3.63, 3.8) is 0 Å². The fourth-order valence-corrected chi connectivity index (χ4v) is 5.92. The first-order chi connectivity index (χ1) is 23.2. The molecule has 3 unspecified atom stereocenters. The lowest BCUT2D eigenvalue weighted by atomic mass is 9.86. The Morgan fingerprint density at radius 1 is 1.14 bits per heavy atom. The van der Waals surface area contributed by atoms with Crippen molar-refractivity contribution >= 4 is 5.91 Å². The zero-order chi connectivity index (χ0) is 38.3. The van der Waals surface area contributed by atoms with Crippen molar-refractivity contribution in [2.24, 2.45) is 5.92 Å². The second-order valence-electron chi connectivity index (χ2n) is 9.96. The van der Waals surface area contributed by atoms with Crippen LogP contribution in [0.1, 0.15) is 126 Å². The van der Waals surface area contributed by atoms with Crippen LogP contribution in [0.2, 0.25) is 0 Å². The number of hydrogen-bond acceptors (Lipinski definition) is 4. The lowest BCUT2D eigenvalue weighted by molar-refractivity contribution is -0.130. The molecule has 2 bridgehead atoms. The average molecular weight is 528 g/mol. The average Bonchev–Trinajstić information content (AvgIpc) is 3.46. The van der Waals surface area contributed by atoms with Gasteiger partial charge in [0, 0.05) is 68.4 Å². The number of halogens is 2. The fourth-order valence-electron chi connectivity index (χ4n) is 5.92. The summed E-state index contributed by atoms with van der Waals surface area (Å²) in [6.07, 6.45) is -13.4. The van der Waals surface area contributed by atoms with Gasteiger partial charge in [-0.1, -0.05) is 44.0 Å². The maximum absolute atomic E-state index is 15.0. The monoisotopic (exact) mass is 527 g/mol. The number of hydrogen-bond donors (Lipinski definition) is 1. The van der Waals surface area contributed by atoms with E-state index in [0.29, 0.717) is 30.8 Å². The van der Waals surface area contributed by atoms with Crippen LogP contribution in [0.5, 0.6) is 0 Å². The highest BCUT2D eigenvalue weighted by Gasteiger charge is 2.42. The molecule has 1 aliphatic carbocycles. The molecule has 1 aromatic heterocycles. The lowest BCUT2D eigenvalue weighted by Gasteiger charge is -2.40. The number of carbonyl (C=O) groups is 1. The van der Waals surface area contributed by atoms with Gasteiger partial charge < -0.3 is 9.88 Å². The number of nitrogens with zero attached hydrogens (tertiary/aromatic N) is 4. The highest BCUT2D eigenvalue weighted by Crippen LogP contribution is 2.42. The van der Waals surface area contributed by atoms with Crippen LogP contribution in [0.25, 0.3) is 0 Å². The first-order valence-electron chi connectivity index (χ1n) is 19.6. The van der Waals surface area contributed by atoms with Crippen molar-refractivity contribution in [2.75, 3.05) is 6.54 Å². The minimum atomic E-state index is -5.11. The van der Waals surface area contributed by atoms with Crippen LogP contribution in [-0.2, 0) is 4.79 Å². The molecule has 1 N–H and O–H groups in total. The van der Waals surface area contributed by atoms with E-state index < -0.39 is 68.9 Å². The summed E-state index contributed by atoms with van der Waals surface area (Å²) in [5.41, 5.74) is 0.520. The smallest absolute Gasteiger partial charge is 0.248 e. The second-order valence-corrected chi connectivity index (χ2v) is 9.96.